The fourth-order valence-corrected chi connectivity index (χ4v) is 1.13. The van der Waals surface area contributed by atoms with Crippen LogP contribution in [0.15, 0.2) is 30.3 Å². The maximum Gasteiger partial charge on any atom is 0.240 e. The molecule has 2 rings (SSSR count). The number of aromatic amines is 1. The summed E-state index contributed by atoms with van der Waals surface area (Å²) in [6, 6.07) is 8.83. The van der Waals surface area contributed by atoms with Gasteiger partial charge in [-0.05, 0) is 24.3 Å². The van der Waals surface area contributed by atoms with Crippen LogP contribution in [0, 0.1) is 0 Å². The molecule has 0 aliphatic carbocycles. The van der Waals surface area contributed by atoms with Gasteiger partial charge in [0.2, 0.25) is 5.88 Å². The Morgan fingerprint density at radius 3 is 2.40 bits per heavy atom. The number of hydrogen-bond donors (Lipinski definition) is 2. The second-order valence-corrected chi connectivity index (χ2v) is 2.94. The normalized spacial score (nSPS) is 9.93. The van der Waals surface area contributed by atoms with E-state index in [1.165, 1.54) is 0 Å². The van der Waals surface area contributed by atoms with Crippen molar-refractivity contribution in [2.24, 2.45) is 0 Å². The van der Waals surface area contributed by atoms with E-state index >= 15 is 0 Å². The number of benzene rings is 1. The highest BCUT2D eigenvalue weighted by Crippen LogP contribution is 2.22. The van der Waals surface area contributed by atoms with E-state index in [2.05, 4.69) is 10.2 Å². The molecule has 0 radical (unpaired) electrons. The van der Waals surface area contributed by atoms with Crippen LogP contribution in [-0.4, -0.2) is 17.3 Å². The summed E-state index contributed by atoms with van der Waals surface area (Å²) >= 11 is 0. The third-order valence-corrected chi connectivity index (χ3v) is 1.86. The summed E-state index contributed by atoms with van der Waals surface area (Å²) in [7, 11) is 1.62. The van der Waals surface area contributed by atoms with Gasteiger partial charge in [-0.1, -0.05) is 0 Å². The molecule has 0 unspecified atom stereocenters. The van der Waals surface area contributed by atoms with E-state index in [0.717, 1.165) is 5.75 Å². The summed E-state index contributed by atoms with van der Waals surface area (Å²) < 4.78 is 10.4. The summed E-state index contributed by atoms with van der Waals surface area (Å²) in [6.07, 6.45) is 0. The van der Waals surface area contributed by atoms with E-state index in [9.17, 15) is 0 Å². The molecule has 0 bridgehead atoms. The van der Waals surface area contributed by atoms with Gasteiger partial charge in [0.05, 0.1) is 7.11 Å². The van der Waals surface area contributed by atoms with Crippen molar-refractivity contribution in [3.05, 3.63) is 30.3 Å². The number of methoxy groups -OCH3 is 1. The van der Waals surface area contributed by atoms with Gasteiger partial charge in [-0.25, -0.2) is 0 Å². The van der Waals surface area contributed by atoms with Gasteiger partial charge in [-0.3, -0.25) is 5.10 Å². The third kappa shape index (κ3) is 2.19. The lowest BCUT2D eigenvalue weighted by Crippen LogP contribution is -1.85. The maximum absolute atomic E-state index is 5.46. The molecule has 2 aromatic rings. The van der Waals surface area contributed by atoms with Crippen LogP contribution in [0.1, 0.15) is 0 Å². The van der Waals surface area contributed by atoms with Gasteiger partial charge in [0.1, 0.15) is 17.3 Å². The van der Waals surface area contributed by atoms with E-state index in [0.29, 0.717) is 17.4 Å². The molecule has 0 aliphatic heterocycles. The number of H-pyrrole nitrogens is 1. The Hall–Kier alpha value is -2.17. The van der Waals surface area contributed by atoms with Crippen LogP contribution in [0.5, 0.6) is 17.4 Å². The summed E-state index contributed by atoms with van der Waals surface area (Å²) in [6.45, 7) is 0. The highest BCUT2D eigenvalue weighted by Gasteiger charge is 2.01. The standard InChI is InChI=1S/C10H11N3O2/c1-14-7-2-4-8(5-3-7)15-10-6-9(11)12-13-10/h2-6H,1H3,(H3,11,12,13). The van der Waals surface area contributed by atoms with Crippen molar-refractivity contribution in [2.75, 3.05) is 12.8 Å². The average Bonchev–Trinajstić information content (AvgIpc) is 2.65. The summed E-state index contributed by atoms with van der Waals surface area (Å²) in [4.78, 5) is 0. The molecule has 0 aliphatic rings. The second-order valence-electron chi connectivity index (χ2n) is 2.94. The van der Waals surface area contributed by atoms with Crippen LogP contribution >= 0.6 is 0 Å². The first-order chi connectivity index (χ1) is 7.28. The van der Waals surface area contributed by atoms with E-state index in [4.69, 9.17) is 15.2 Å². The number of nitrogens with two attached hydrogens (primary N) is 1. The molecule has 0 saturated heterocycles. The number of hydrogen-bond acceptors (Lipinski definition) is 4. The molecule has 1 aromatic carbocycles. The van der Waals surface area contributed by atoms with Crippen LogP contribution < -0.4 is 15.2 Å². The Bertz CT molecular complexity index is 436. The van der Waals surface area contributed by atoms with Gasteiger partial charge in [0.15, 0.2) is 0 Å². The molecular formula is C10H11N3O2. The number of nitrogens with zero attached hydrogens (tertiary/aromatic N) is 1. The molecule has 0 atom stereocenters. The van der Waals surface area contributed by atoms with E-state index in [1.54, 1.807) is 25.3 Å². The lowest BCUT2D eigenvalue weighted by molar-refractivity contribution is 0.412. The van der Waals surface area contributed by atoms with Gasteiger partial charge >= 0.3 is 0 Å². The number of nitrogen functional groups attached to an aromatic ring is 1. The van der Waals surface area contributed by atoms with Gasteiger partial charge in [0.25, 0.3) is 0 Å². The first-order valence-electron chi connectivity index (χ1n) is 4.41. The van der Waals surface area contributed by atoms with Crippen molar-refractivity contribution in [1.82, 2.24) is 10.2 Å². The van der Waals surface area contributed by atoms with Crippen molar-refractivity contribution >= 4 is 5.82 Å². The van der Waals surface area contributed by atoms with Crippen molar-refractivity contribution in [2.45, 2.75) is 0 Å². The van der Waals surface area contributed by atoms with Crippen LogP contribution in [0.4, 0.5) is 5.82 Å². The Morgan fingerprint density at radius 2 is 1.87 bits per heavy atom. The minimum atomic E-state index is 0.442. The van der Waals surface area contributed by atoms with Crippen LogP contribution in [-0.2, 0) is 0 Å². The summed E-state index contributed by atoms with van der Waals surface area (Å²) in [5.41, 5.74) is 5.46. The molecule has 3 N–H and O–H groups in total. The van der Waals surface area contributed by atoms with E-state index < -0.39 is 0 Å². The summed E-state index contributed by atoms with van der Waals surface area (Å²) in [5.74, 6) is 2.38. The molecule has 0 fully saturated rings. The number of rotatable bonds is 3. The Labute approximate surface area is 86.8 Å². The molecule has 5 heteroatoms. The first-order valence-corrected chi connectivity index (χ1v) is 4.41. The number of anilines is 1. The first kappa shape index (κ1) is 9.39. The zero-order chi connectivity index (χ0) is 10.7. The topological polar surface area (TPSA) is 73.2 Å². The average molecular weight is 205 g/mol. The molecular weight excluding hydrogens is 194 g/mol. The molecule has 1 heterocycles. The quantitative estimate of drug-likeness (QED) is 0.801. The SMILES string of the molecule is COc1ccc(Oc2cc(N)[nH]n2)cc1. The molecule has 5 nitrogen and oxygen atoms in total. The third-order valence-electron chi connectivity index (χ3n) is 1.86. The van der Waals surface area contributed by atoms with Gasteiger partial charge in [-0.2, -0.15) is 0 Å². The fourth-order valence-electron chi connectivity index (χ4n) is 1.13. The van der Waals surface area contributed by atoms with Crippen LogP contribution in [0.25, 0.3) is 0 Å². The Morgan fingerprint density at radius 1 is 1.20 bits per heavy atom. The van der Waals surface area contributed by atoms with Crippen LogP contribution in [0.3, 0.4) is 0 Å². The van der Waals surface area contributed by atoms with E-state index in [-0.39, 0.29) is 0 Å². The van der Waals surface area contributed by atoms with Crippen molar-refractivity contribution < 1.29 is 9.47 Å². The van der Waals surface area contributed by atoms with Crippen molar-refractivity contribution in [3.8, 4) is 17.4 Å². The second kappa shape index (κ2) is 3.91. The lowest BCUT2D eigenvalue weighted by Gasteiger charge is -2.02. The van der Waals surface area contributed by atoms with Gasteiger partial charge < -0.3 is 15.2 Å². The smallest absolute Gasteiger partial charge is 0.240 e. The zero-order valence-corrected chi connectivity index (χ0v) is 8.23. The Kier molecular flexibility index (Phi) is 2.45. The maximum atomic E-state index is 5.46. The molecule has 0 saturated carbocycles. The molecule has 1 aromatic heterocycles. The Balaban J connectivity index is 2.11. The number of nitrogens with one attached hydrogen (secondary N) is 1. The largest absolute Gasteiger partial charge is 0.497 e. The highest BCUT2D eigenvalue weighted by molar-refractivity contribution is 5.37. The molecule has 0 spiro atoms. The monoisotopic (exact) mass is 205 g/mol. The van der Waals surface area contributed by atoms with Crippen molar-refractivity contribution in [1.29, 1.82) is 0 Å². The van der Waals surface area contributed by atoms with Gasteiger partial charge in [0, 0.05) is 6.07 Å². The minimum Gasteiger partial charge on any atom is -0.497 e. The van der Waals surface area contributed by atoms with E-state index in [1.807, 2.05) is 12.1 Å². The predicted molar refractivity (Wildman–Crippen MR) is 56.1 cm³/mol. The molecule has 78 valence electrons. The number of aromatic nitrogens is 2. The summed E-state index contributed by atoms with van der Waals surface area (Å²) in [5, 5.41) is 6.44. The lowest BCUT2D eigenvalue weighted by atomic mass is 10.3. The van der Waals surface area contributed by atoms with Crippen LogP contribution in [0.2, 0.25) is 0 Å². The molecule has 15 heavy (non-hydrogen) atoms. The number of ether oxygens (including phenoxy) is 2. The van der Waals surface area contributed by atoms with Crippen molar-refractivity contribution in [3.63, 3.8) is 0 Å². The fraction of sp³-hybridized carbons (Fsp3) is 0.100. The van der Waals surface area contributed by atoms with Gasteiger partial charge in [-0.15, -0.1) is 5.10 Å². The molecule has 0 amide bonds. The minimum absolute atomic E-state index is 0.442. The zero-order valence-electron chi connectivity index (χ0n) is 8.23. The highest BCUT2D eigenvalue weighted by atomic mass is 16.5. The predicted octanol–water partition coefficient (Wildman–Crippen LogP) is 1.79.